The summed E-state index contributed by atoms with van der Waals surface area (Å²) in [5.74, 6) is 1.88. The van der Waals surface area contributed by atoms with Crippen molar-refractivity contribution in [1.82, 2.24) is 24.8 Å². The van der Waals surface area contributed by atoms with Crippen molar-refractivity contribution in [3.8, 4) is 17.6 Å². The van der Waals surface area contributed by atoms with Gasteiger partial charge in [-0.25, -0.2) is 0 Å². The first kappa shape index (κ1) is 27.7. The molecule has 12 nitrogen and oxygen atoms in total. The minimum absolute atomic E-state index is 0.0409. The number of hydrogen-bond acceptors (Lipinski definition) is 10. The van der Waals surface area contributed by atoms with Crippen LogP contribution in [0.15, 0.2) is 18.3 Å². The number of aromatic amines is 1. The lowest BCUT2D eigenvalue weighted by atomic mass is 9.95. The molecule has 0 unspecified atom stereocenters. The average molecular weight is 587 g/mol. The summed E-state index contributed by atoms with van der Waals surface area (Å²) >= 11 is 0. The van der Waals surface area contributed by atoms with Crippen molar-refractivity contribution in [2.75, 3.05) is 63.2 Å². The van der Waals surface area contributed by atoms with E-state index in [0.29, 0.717) is 89.5 Å². The van der Waals surface area contributed by atoms with Crippen LogP contribution in [0.2, 0.25) is 0 Å². The summed E-state index contributed by atoms with van der Waals surface area (Å²) in [6, 6.07) is 6.67. The van der Waals surface area contributed by atoms with Crippen molar-refractivity contribution in [2.45, 2.75) is 57.0 Å². The minimum Gasteiger partial charge on any atom is -0.485 e. The number of piperidine rings is 1. The van der Waals surface area contributed by atoms with Crippen molar-refractivity contribution in [3.63, 3.8) is 0 Å². The Morgan fingerprint density at radius 2 is 1.72 bits per heavy atom. The third-order valence-corrected chi connectivity index (χ3v) is 9.08. The molecule has 3 aliphatic heterocycles. The third-order valence-electron chi connectivity index (χ3n) is 9.08. The van der Waals surface area contributed by atoms with E-state index in [9.17, 15) is 10.1 Å². The van der Waals surface area contributed by atoms with E-state index in [0.717, 1.165) is 52.0 Å². The van der Waals surface area contributed by atoms with Gasteiger partial charge in [-0.15, -0.1) is 0 Å². The van der Waals surface area contributed by atoms with Crippen molar-refractivity contribution in [3.05, 3.63) is 29.5 Å². The number of morpholine rings is 1. The minimum atomic E-state index is -0.0409. The van der Waals surface area contributed by atoms with Gasteiger partial charge in [-0.2, -0.15) is 15.2 Å². The van der Waals surface area contributed by atoms with Crippen LogP contribution in [0.4, 0.5) is 17.5 Å². The van der Waals surface area contributed by atoms with Crippen LogP contribution in [0.5, 0.6) is 11.5 Å². The van der Waals surface area contributed by atoms with Crippen molar-refractivity contribution >= 4 is 34.4 Å². The summed E-state index contributed by atoms with van der Waals surface area (Å²) in [7, 11) is 0. The Hall–Kier alpha value is -4.08. The summed E-state index contributed by atoms with van der Waals surface area (Å²) in [6.07, 6.45) is 9.31. The summed E-state index contributed by atoms with van der Waals surface area (Å²) < 4.78 is 17.6. The first-order valence-electron chi connectivity index (χ1n) is 15.5. The SMILES string of the molecule is N#Cc1c[nH]c2nc(Nc3ccc(C(=O)N4CCC(N5CCOCC5)CC4)c4c3OCCO4)nc(NC3CCCCC3)c12. The highest BCUT2D eigenvalue weighted by atomic mass is 16.6. The van der Waals surface area contributed by atoms with Crippen LogP contribution >= 0.6 is 0 Å². The number of hydrogen-bond donors (Lipinski definition) is 3. The molecule has 1 aliphatic carbocycles. The molecular formula is C31H38N8O4. The Bertz CT molecular complexity index is 1510. The lowest BCUT2D eigenvalue weighted by Crippen LogP contribution is -2.50. The van der Waals surface area contributed by atoms with Gasteiger partial charge in [0.15, 0.2) is 11.5 Å². The van der Waals surface area contributed by atoms with Crippen molar-refractivity contribution in [1.29, 1.82) is 5.26 Å². The first-order chi connectivity index (χ1) is 21.2. The van der Waals surface area contributed by atoms with Crippen LogP contribution in [0, 0.1) is 11.3 Å². The second-order valence-corrected chi connectivity index (χ2v) is 11.7. The number of carbonyl (C=O) groups is 1. The van der Waals surface area contributed by atoms with E-state index in [-0.39, 0.29) is 5.91 Å². The second kappa shape index (κ2) is 12.3. The zero-order valence-electron chi connectivity index (χ0n) is 24.4. The van der Waals surface area contributed by atoms with Crippen LogP contribution < -0.4 is 20.1 Å². The van der Waals surface area contributed by atoms with Gasteiger partial charge in [-0.1, -0.05) is 19.3 Å². The van der Waals surface area contributed by atoms with E-state index < -0.39 is 0 Å². The van der Waals surface area contributed by atoms with Gasteiger partial charge in [-0.05, 0) is 37.8 Å². The summed E-state index contributed by atoms with van der Waals surface area (Å²) in [5, 5.41) is 17.3. The van der Waals surface area contributed by atoms with Gasteiger partial charge in [-0.3, -0.25) is 9.69 Å². The Morgan fingerprint density at radius 1 is 0.953 bits per heavy atom. The maximum atomic E-state index is 13.7. The standard InChI is InChI=1S/C31H38N8O4/c32-18-20-19-33-28-25(20)29(34-21-4-2-1-3-5-21)37-31(36-28)35-24-7-6-23(26-27(24)43-17-16-42-26)30(40)39-10-8-22(9-11-39)38-12-14-41-15-13-38/h6-7,19,21-22H,1-5,8-17H2,(H3,33,34,35,36,37). The number of amides is 1. The molecule has 1 aromatic carbocycles. The third kappa shape index (κ3) is 5.67. The molecule has 3 N–H and O–H groups in total. The van der Waals surface area contributed by atoms with E-state index in [1.807, 2.05) is 11.0 Å². The normalized spacial score (nSPS) is 20.1. The van der Waals surface area contributed by atoms with Crippen LogP contribution in [0.25, 0.3) is 11.0 Å². The van der Waals surface area contributed by atoms with E-state index >= 15 is 0 Å². The average Bonchev–Trinajstić information content (AvgIpc) is 3.49. The predicted molar refractivity (Wildman–Crippen MR) is 161 cm³/mol. The number of nitrogens with zero attached hydrogens (tertiary/aromatic N) is 5. The Labute approximate surface area is 250 Å². The van der Waals surface area contributed by atoms with Gasteiger partial charge >= 0.3 is 0 Å². The molecule has 0 atom stereocenters. The molecule has 2 saturated heterocycles. The largest absolute Gasteiger partial charge is 0.485 e. The number of aromatic nitrogens is 3. The molecule has 12 heteroatoms. The number of nitrogens with one attached hydrogen (secondary N) is 3. The lowest BCUT2D eigenvalue weighted by Gasteiger charge is -2.40. The number of anilines is 3. The molecule has 3 fully saturated rings. The number of likely N-dealkylation sites (tertiary alicyclic amines) is 1. The van der Waals surface area contributed by atoms with Crippen molar-refractivity contribution < 1.29 is 19.0 Å². The molecular weight excluding hydrogens is 548 g/mol. The van der Waals surface area contributed by atoms with Crippen LogP contribution in [-0.2, 0) is 4.74 Å². The van der Waals surface area contributed by atoms with Gasteiger partial charge in [0.25, 0.3) is 5.91 Å². The molecule has 43 heavy (non-hydrogen) atoms. The van der Waals surface area contributed by atoms with Crippen LogP contribution in [-0.4, -0.2) is 95.3 Å². The molecule has 4 aliphatic rings. The number of ether oxygens (including phenoxy) is 3. The van der Waals surface area contributed by atoms with E-state index in [4.69, 9.17) is 19.2 Å². The van der Waals surface area contributed by atoms with E-state index in [1.54, 1.807) is 12.3 Å². The molecule has 0 spiro atoms. The Kier molecular flexibility index (Phi) is 7.91. The monoisotopic (exact) mass is 586 g/mol. The highest BCUT2D eigenvalue weighted by Gasteiger charge is 2.32. The van der Waals surface area contributed by atoms with Gasteiger partial charge in [0.05, 0.1) is 35.4 Å². The zero-order valence-corrected chi connectivity index (χ0v) is 24.4. The summed E-state index contributed by atoms with van der Waals surface area (Å²) in [5.41, 5.74) is 2.20. The van der Waals surface area contributed by atoms with Crippen LogP contribution in [0.1, 0.15) is 60.9 Å². The van der Waals surface area contributed by atoms with Crippen molar-refractivity contribution in [2.24, 2.45) is 0 Å². The smallest absolute Gasteiger partial charge is 0.257 e. The van der Waals surface area contributed by atoms with E-state index in [1.165, 1.54) is 19.3 Å². The Balaban J connectivity index is 1.12. The summed E-state index contributed by atoms with van der Waals surface area (Å²) in [4.78, 5) is 30.7. The highest BCUT2D eigenvalue weighted by Crippen LogP contribution is 2.42. The number of fused-ring (bicyclic) bond motifs is 2. The van der Waals surface area contributed by atoms with Gasteiger partial charge < -0.3 is 34.7 Å². The maximum Gasteiger partial charge on any atom is 0.257 e. The first-order valence-corrected chi connectivity index (χ1v) is 15.5. The molecule has 3 aromatic rings. The molecule has 1 amide bonds. The number of rotatable bonds is 6. The summed E-state index contributed by atoms with van der Waals surface area (Å²) in [6.45, 7) is 5.66. The quantitative estimate of drug-likeness (QED) is 0.388. The van der Waals surface area contributed by atoms with E-state index in [2.05, 4.69) is 31.6 Å². The topological polar surface area (TPSA) is 141 Å². The Morgan fingerprint density at radius 3 is 2.49 bits per heavy atom. The van der Waals surface area contributed by atoms with Gasteiger partial charge in [0, 0.05) is 44.5 Å². The lowest BCUT2D eigenvalue weighted by molar-refractivity contribution is 0.00152. The fourth-order valence-electron chi connectivity index (χ4n) is 6.79. The fraction of sp³-hybridized carbons (Fsp3) is 0.548. The highest BCUT2D eigenvalue weighted by molar-refractivity contribution is 5.99. The molecule has 5 heterocycles. The second-order valence-electron chi connectivity index (χ2n) is 11.7. The molecule has 7 rings (SSSR count). The maximum absolute atomic E-state index is 13.7. The number of carbonyl (C=O) groups excluding carboxylic acids is 1. The number of H-pyrrole nitrogens is 1. The number of nitriles is 1. The molecule has 1 saturated carbocycles. The van der Waals surface area contributed by atoms with Gasteiger partial charge in [0.2, 0.25) is 5.95 Å². The molecule has 0 bridgehead atoms. The molecule has 226 valence electrons. The number of benzene rings is 1. The molecule has 2 aromatic heterocycles. The molecule has 0 radical (unpaired) electrons. The fourth-order valence-corrected chi connectivity index (χ4v) is 6.79. The van der Waals surface area contributed by atoms with Gasteiger partial charge in [0.1, 0.15) is 30.7 Å². The van der Waals surface area contributed by atoms with Crippen LogP contribution in [0.3, 0.4) is 0 Å². The zero-order chi connectivity index (χ0) is 29.2. The predicted octanol–water partition coefficient (Wildman–Crippen LogP) is 4.03.